The number of rotatable bonds is 9. The number of carbonyl (C=O) groups excluding carboxylic acids is 2. The number of alkyl halides is 3. The monoisotopic (exact) mass is 788 g/mol. The Morgan fingerprint density at radius 1 is 1.09 bits per heavy atom. The largest absolute Gasteiger partial charge is 0.481 e. The van der Waals surface area contributed by atoms with E-state index in [1.165, 1.54) is 35.0 Å². The normalized spacial score (nSPS) is 28.4. The molecule has 2 bridgehead atoms. The van der Waals surface area contributed by atoms with Gasteiger partial charge in [-0.1, -0.05) is 56.1 Å². The Kier molecular flexibility index (Phi) is 9.80. The zero-order valence-corrected chi connectivity index (χ0v) is 32.0. The van der Waals surface area contributed by atoms with Crippen LogP contribution in [0.5, 0.6) is 0 Å². The molecule has 1 aromatic heterocycles. The van der Waals surface area contributed by atoms with Crippen molar-refractivity contribution in [1.29, 1.82) is 0 Å². The highest BCUT2D eigenvalue weighted by Gasteiger charge is 2.68. The second-order valence-corrected chi connectivity index (χ2v) is 16.7. The summed E-state index contributed by atoms with van der Waals surface area (Å²) in [6, 6.07) is 7.54. The van der Waals surface area contributed by atoms with Gasteiger partial charge in [0, 0.05) is 18.7 Å². The lowest BCUT2D eigenvalue weighted by Crippen LogP contribution is -2.65. The maximum atomic E-state index is 14.3. The van der Waals surface area contributed by atoms with Crippen LogP contribution in [0.3, 0.4) is 0 Å². The fourth-order valence-corrected chi connectivity index (χ4v) is 9.23. The van der Waals surface area contributed by atoms with Crippen LogP contribution in [-0.2, 0) is 32.4 Å². The highest BCUT2D eigenvalue weighted by atomic mass is 35.5. The summed E-state index contributed by atoms with van der Waals surface area (Å²) in [5.74, 6) is -0.0745. The standard InChI is InChI=1S/C37H42BCl2F3N6O5/c1-6-29(38-53-28-14-21-13-27(34(21,2)3)36(28,5)54-38)47-30(50)26-16-35(4,48-33(52)46-22-10-11-23(39)24(40)15-22)32-45-18-25(31(51)49(26)32)44-17-19-8-7-9-20(12-19)37(41,42)43/h7-12,15,18,21,26-29,44H,6,13-14,16-17H2,1-5H3,(H,47,50)(H2,46,48,52)/t21-,26-,27-,28+,29-,35+,36-/m0/s1. The van der Waals surface area contributed by atoms with Crippen molar-refractivity contribution in [3.8, 4) is 0 Å². The molecule has 2 aromatic carbocycles. The number of aromatic nitrogens is 2. The molecule has 7 atom stereocenters. The van der Waals surface area contributed by atoms with Gasteiger partial charge in [0.05, 0.1) is 45.0 Å². The molecule has 2 aliphatic heterocycles. The predicted octanol–water partition coefficient (Wildman–Crippen LogP) is 7.33. The number of anilines is 2. The highest BCUT2D eigenvalue weighted by molar-refractivity contribution is 6.48. The Balaban J connectivity index is 1.15. The van der Waals surface area contributed by atoms with Crippen molar-refractivity contribution in [2.75, 3.05) is 10.6 Å². The molecule has 3 aromatic rings. The number of fused-ring (bicyclic) bond motifs is 1. The van der Waals surface area contributed by atoms with E-state index in [1.54, 1.807) is 13.0 Å². The molecule has 288 valence electrons. The van der Waals surface area contributed by atoms with Gasteiger partial charge in [-0.25, -0.2) is 9.78 Å². The maximum Gasteiger partial charge on any atom is 0.481 e. The molecule has 1 saturated heterocycles. The molecular weight excluding hydrogens is 747 g/mol. The lowest BCUT2D eigenvalue weighted by molar-refractivity contribution is -0.199. The third-order valence-corrected chi connectivity index (χ3v) is 12.8. The minimum absolute atomic E-state index is 0.0356. The molecule has 3 aliphatic carbocycles. The number of nitrogens with zero attached hydrogens (tertiary/aromatic N) is 2. The zero-order chi connectivity index (χ0) is 39.0. The Morgan fingerprint density at radius 3 is 2.54 bits per heavy atom. The van der Waals surface area contributed by atoms with Gasteiger partial charge in [-0.2, -0.15) is 13.2 Å². The first-order chi connectivity index (χ1) is 25.3. The molecule has 54 heavy (non-hydrogen) atoms. The smallest absolute Gasteiger partial charge is 0.404 e. The van der Waals surface area contributed by atoms with Crippen LogP contribution in [0.25, 0.3) is 0 Å². The number of hydrogen-bond donors (Lipinski definition) is 4. The molecule has 3 amide bonds. The number of halogens is 5. The summed E-state index contributed by atoms with van der Waals surface area (Å²) < 4.78 is 54.4. The second-order valence-electron chi connectivity index (χ2n) is 15.8. The average molecular weight is 789 g/mol. The van der Waals surface area contributed by atoms with Crippen molar-refractivity contribution in [3.05, 3.63) is 86.0 Å². The van der Waals surface area contributed by atoms with Crippen LogP contribution in [-0.4, -0.2) is 46.3 Å². The molecule has 0 unspecified atom stereocenters. The highest BCUT2D eigenvalue weighted by Crippen LogP contribution is 2.65. The first-order valence-corrected chi connectivity index (χ1v) is 18.8. The number of carbonyl (C=O) groups is 2. The number of urea groups is 1. The maximum absolute atomic E-state index is 14.3. The molecule has 5 aliphatic rings. The SMILES string of the molecule is CC[C@H](NC(=O)[C@@H]1C[C@@](C)(NC(=O)Nc2ccc(Cl)c(Cl)c2)c2ncc(NCc3cccc(C(F)(F)F)c3)c(=O)n21)B1O[C@@H]2C[C@@H]3C[C@@H](C3(C)C)[C@]2(C)O1. The van der Waals surface area contributed by atoms with Gasteiger partial charge in [0.2, 0.25) is 5.91 Å². The van der Waals surface area contributed by atoms with Crippen LogP contribution < -0.4 is 26.8 Å². The van der Waals surface area contributed by atoms with E-state index < -0.39 is 59.5 Å². The van der Waals surface area contributed by atoms with E-state index in [-0.39, 0.29) is 46.6 Å². The first-order valence-electron chi connectivity index (χ1n) is 18.0. The van der Waals surface area contributed by atoms with Crippen LogP contribution >= 0.6 is 23.2 Å². The van der Waals surface area contributed by atoms with Gasteiger partial charge in [0.15, 0.2) is 0 Å². The van der Waals surface area contributed by atoms with E-state index in [9.17, 15) is 27.6 Å². The van der Waals surface area contributed by atoms with E-state index in [2.05, 4.69) is 47.0 Å². The van der Waals surface area contributed by atoms with Crippen LogP contribution in [0.2, 0.25) is 10.0 Å². The summed E-state index contributed by atoms with van der Waals surface area (Å²) in [4.78, 5) is 46.4. The van der Waals surface area contributed by atoms with Gasteiger partial charge in [0.25, 0.3) is 5.56 Å². The molecule has 17 heteroatoms. The zero-order valence-electron chi connectivity index (χ0n) is 30.4. The van der Waals surface area contributed by atoms with E-state index in [4.69, 9.17) is 32.5 Å². The quantitative estimate of drug-likeness (QED) is 0.167. The molecule has 0 spiro atoms. The third-order valence-electron chi connectivity index (χ3n) is 12.1. The Hall–Kier alpha value is -3.79. The number of amides is 3. The minimum Gasteiger partial charge on any atom is -0.404 e. The summed E-state index contributed by atoms with van der Waals surface area (Å²) in [5.41, 5.74) is -2.53. The summed E-state index contributed by atoms with van der Waals surface area (Å²) in [6.45, 7) is 10.1. The van der Waals surface area contributed by atoms with Crippen molar-refractivity contribution in [2.45, 2.75) is 102 Å². The van der Waals surface area contributed by atoms with E-state index in [0.717, 1.165) is 25.0 Å². The van der Waals surface area contributed by atoms with Gasteiger partial charge in [-0.05, 0) is 86.3 Å². The molecule has 3 heterocycles. The topological polar surface area (TPSA) is 136 Å². The summed E-state index contributed by atoms with van der Waals surface area (Å²) >= 11 is 12.2. The van der Waals surface area contributed by atoms with Crippen molar-refractivity contribution < 1.29 is 32.1 Å². The van der Waals surface area contributed by atoms with Gasteiger partial charge >= 0.3 is 19.3 Å². The Bertz CT molecular complexity index is 2050. The fraction of sp³-hybridized carbons (Fsp3) is 0.514. The number of hydrogen-bond acceptors (Lipinski definition) is 7. The lowest BCUT2D eigenvalue weighted by Gasteiger charge is -2.64. The summed E-state index contributed by atoms with van der Waals surface area (Å²) in [5, 5.41) is 12.1. The van der Waals surface area contributed by atoms with E-state index >= 15 is 0 Å². The van der Waals surface area contributed by atoms with Gasteiger partial charge in [-0.15, -0.1) is 0 Å². The molecule has 11 nitrogen and oxygen atoms in total. The van der Waals surface area contributed by atoms with Crippen LogP contribution in [0, 0.1) is 17.3 Å². The number of nitrogens with one attached hydrogen (secondary N) is 4. The van der Waals surface area contributed by atoms with Crippen molar-refractivity contribution >= 4 is 53.6 Å². The van der Waals surface area contributed by atoms with E-state index in [0.29, 0.717) is 29.0 Å². The van der Waals surface area contributed by atoms with E-state index in [1.807, 2.05) is 6.92 Å². The van der Waals surface area contributed by atoms with Crippen LogP contribution in [0.4, 0.5) is 29.3 Å². The Labute approximate surface area is 321 Å². The van der Waals surface area contributed by atoms with Gasteiger partial charge in [0.1, 0.15) is 17.6 Å². The van der Waals surface area contributed by atoms with Crippen molar-refractivity contribution in [3.63, 3.8) is 0 Å². The van der Waals surface area contributed by atoms with Crippen LogP contribution in [0.1, 0.15) is 83.3 Å². The van der Waals surface area contributed by atoms with Gasteiger partial charge in [-0.3, -0.25) is 14.2 Å². The minimum atomic E-state index is -4.54. The lowest BCUT2D eigenvalue weighted by atomic mass is 9.43. The second kappa shape index (κ2) is 13.8. The third kappa shape index (κ3) is 6.75. The number of benzene rings is 2. The average Bonchev–Trinajstić information content (AvgIpc) is 3.62. The summed E-state index contributed by atoms with van der Waals surface area (Å²) in [7, 11) is -0.707. The summed E-state index contributed by atoms with van der Waals surface area (Å²) in [6.07, 6.45) is -1.01. The van der Waals surface area contributed by atoms with Crippen molar-refractivity contribution in [2.24, 2.45) is 17.3 Å². The predicted molar refractivity (Wildman–Crippen MR) is 199 cm³/mol. The molecule has 0 radical (unpaired) electrons. The molecule has 4 fully saturated rings. The van der Waals surface area contributed by atoms with Gasteiger partial charge < -0.3 is 30.6 Å². The fourth-order valence-electron chi connectivity index (χ4n) is 8.93. The molecule has 3 saturated carbocycles. The van der Waals surface area contributed by atoms with Crippen LogP contribution in [0.15, 0.2) is 53.5 Å². The molecular formula is C37H42BCl2F3N6O5. The van der Waals surface area contributed by atoms with Crippen molar-refractivity contribution in [1.82, 2.24) is 20.2 Å². The Morgan fingerprint density at radius 2 is 1.85 bits per heavy atom. The molecule has 8 rings (SSSR count). The molecule has 4 N–H and O–H groups in total. The first kappa shape index (κ1) is 38.5.